The van der Waals surface area contributed by atoms with Crippen molar-refractivity contribution in [1.82, 2.24) is 15.3 Å². The lowest BCUT2D eigenvalue weighted by atomic mass is 10.1. The number of aromatic nitrogens is 2. The van der Waals surface area contributed by atoms with Crippen molar-refractivity contribution < 1.29 is 19.7 Å². The van der Waals surface area contributed by atoms with E-state index in [1.165, 1.54) is 6.20 Å². The van der Waals surface area contributed by atoms with Crippen LogP contribution in [0.3, 0.4) is 0 Å². The summed E-state index contributed by atoms with van der Waals surface area (Å²) in [7, 11) is 0. The number of H-pyrrole nitrogens is 1. The molecule has 1 aromatic rings. The van der Waals surface area contributed by atoms with Crippen molar-refractivity contribution in [3.8, 4) is 0 Å². The predicted molar refractivity (Wildman–Crippen MR) is 68.4 cm³/mol. The maximum absolute atomic E-state index is 11.3. The van der Waals surface area contributed by atoms with E-state index in [4.69, 9.17) is 4.74 Å². The van der Waals surface area contributed by atoms with Crippen molar-refractivity contribution in [3.05, 3.63) is 18.2 Å². The van der Waals surface area contributed by atoms with Crippen LogP contribution in [0.4, 0.5) is 4.79 Å². The second-order valence-corrected chi connectivity index (χ2v) is 5.20. The highest BCUT2D eigenvalue weighted by atomic mass is 16.6. The maximum Gasteiger partial charge on any atom is 0.407 e. The van der Waals surface area contributed by atoms with E-state index < -0.39 is 23.9 Å². The van der Waals surface area contributed by atoms with Gasteiger partial charge in [-0.1, -0.05) is 0 Å². The predicted octanol–water partition coefficient (Wildman–Crippen LogP) is 0.719. The summed E-state index contributed by atoms with van der Waals surface area (Å²) in [5, 5.41) is 22.0. The fourth-order valence-electron chi connectivity index (χ4n) is 1.42. The summed E-state index contributed by atoms with van der Waals surface area (Å²) < 4.78 is 5.04. The lowest BCUT2D eigenvalue weighted by molar-refractivity contribution is 0.00781. The number of carbonyl (C=O) groups excluding carboxylic acids is 1. The van der Waals surface area contributed by atoms with Crippen molar-refractivity contribution in [2.75, 3.05) is 6.54 Å². The van der Waals surface area contributed by atoms with Crippen molar-refractivity contribution in [3.63, 3.8) is 0 Å². The highest BCUT2D eigenvalue weighted by Gasteiger charge is 2.21. The Bertz CT molecular complexity index is 386. The Morgan fingerprint density at radius 2 is 2.21 bits per heavy atom. The Morgan fingerprint density at radius 1 is 1.53 bits per heavy atom. The van der Waals surface area contributed by atoms with Gasteiger partial charge in [0.2, 0.25) is 0 Å². The van der Waals surface area contributed by atoms with E-state index in [9.17, 15) is 15.0 Å². The van der Waals surface area contributed by atoms with Gasteiger partial charge in [0.25, 0.3) is 0 Å². The fourth-order valence-corrected chi connectivity index (χ4v) is 1.42. The molecule has 0 aliphatic carbocycles. The Hall–Kier alpha value is -1.60. The SMILES string of the molecule is CC(C)(C)OC(=O)NCCC(O)C(O)c1ncc[nH]1. The monoisotopic (exact) mass is 271 g/mol. The van der Waals surface area contributed by atoms with Crippen LogP contribution in [0, 0.1) is 0 Å². The Labute approximate surface area is 112 Å². The molecule has 1 rings (SSSR count). The number of carbonyl (C=O) groups is 1. The number of nitrogens with one attached hydrogen (secondary N) is 2. The third-order valence-corrected chi connectivity index (χ3v) is 2.27. The lowest BCUT2D eigenvalue weighted by Gasteiger charge is -2.20. The minimum absolute atomic E-state index is 0.196. The molecule has 1 aromatic heterocycles. The van der Waals surface area contributed by atoms with Gasteiger partial charge in [0.15, 0.2) is 0 Å². The summed E-state index contributed by atoms with van der Waals surface area (Å²) in [6.45, 7) is 5.50. The Balaban J connectivity index is 2.27. The molecule has 0 fully saturated rings. The van der Waals surface area contributed by atoms with E-state index in [-0.39, 0.29) is 13.0 Å². The van der Waals surface area contributed by atoms with Gasteiger partial charge < -0.3 is 25.3 Å². The van der Waals surface area contributed by atoms with Crippen LogP contribution in [0.1, 0.15) is 39.1 Å². The topological polar surface area (TPSA) is 107 Å². The molecule has 2 unspecified atom stereocenters. The molecule has 108 valence electrons. The standard InChI is InChI=1S/C12H21N3O4/c1-12(2,3)19-11(18)15-5-4-8(16)9(17)10-13-6-7-14-10/h6-9,16-17H,4-5H2,1-3H3,(H,13,14)(H,15,18). The largest absolute Gasteiger partial charge is 0.444 e. The number of rotatable bonds is 5. The second-order valence-electron chi connectivity index (χ2n) is 5.20. The molecule has 4 N–H and O–H groups in total. The molecule has 0 radical (unpaired) electrons. The number of alkyl carbamates (subject to hydrolysis) is 1. The number of hydrogen-bond donors (Lipinski definition) is 4. The van der Waals surface area contributed by atoms with Gasteiger partial charge in [0.1, 0.15) is 17.5 Å². The van der Waals surface area contributed by atoms with Crippen molar-refractivity contribution in [1.29, 1.82) is 0 Å². The van der Waals surface area contributed by atoms with E-state index in [0.29, 0.717) is 5.82 Å². The average Bonchev–Trinajstić information content (AvgIpc) is 2.78. The van der Waals surface area contributed by atoms with E-state index >= 15 is 0 Å². The summed E-state index contributed by atoms with van der Waals surface area (Å²) in [5.41, 5.74) is -0.559. The summed E-state index contributed by atoms with van der Waals surface area (Å²) >= 11 is 0. The maximum atomic E-state index is 11.3. The van der Waals surface area contributed by atoms with Crippen LogP contribution in [0.2, 0.25) is 0 Å². The molecule has 0 saturated heterocycles. The number of aliphatic hydroxyl groups is 2. The summed E-state index contributed by atoms with van der Waals surface area (Å²) in [5.74, 6) is 0.296. The molecule has 0 spiro atoms. The number of ether oxygens (including phenoxy) is 1. The molecular formula is C12H21N3O4. The molecule has 19 heavy (non-hydrogen) atoms. The Morgan fingerprint density at radius 3 is 2.74 bits per heavy atom. The number of aliphatic hydroxyl groups excluding tert-OH is 2. The van der Waals surface area contributed by atoms with E-state index in [1.54, 1.807) is 27.0 Å². The number of amides is 1. The zero-order valence-electron chi connectivity index (χ0n) is 11.4. The highest BCUT2D eigenvalue weighted by molar-refractivity contribution is 5.67. The van der Waals surface area contributed by atoms with Crippen LogP contribution in [0.5, 0.6) is 0 Å². The van der Waals surface area contributed by atoms with Crippen LogP contribution in [0.25, 0.3) is 0 Å². The zero-order valence-corrected chi connectivity index (χ0v) is 11.4. The van der Waals surface area contributed by atoms with Gasteiger partial charge in [-0.2, -0.15) is 0 Å². The molecule has 7 heteroatoms. The van der Waals surface area contributed by atoms with Crippen LogP contribution >= 0.6 is 0 Å². The first-order valence-corrected chi connectivity index (χ1v) is 6.12. The first-order valence-electron chi connectivity index (χ1n) is 6.12. The smallest absolute Gasteiger partial charge is 0.407 e. The first kappa shape index (κ1) is 15.5. The van der Waals surface area contributed by atoms with E-state index in [1.807, 2.05) is 0 Å². The molecule has 0 aromatic carbocycles. The van der Waals surface area contributed by atoms with Gasteiger partial charge in [-0.05, 0) is 27.2 Å². The van der Waals surface area contributed by atoms with Crippen LogP contribution in [-0.4, -0.2) is 44.5 Å². The van der Waals surface area contributed by atoms with Crippen molar-refractivity contribution in [2.24, 2.45) is 0 Å². The van der Waals surface area contributed by atoms with Gasteiger partial charge in [0, 0.05) is 18.9 Å². The quantitative estimate of drug-likeness (QED) is 0.631. The molecule has 2 atom stereocenters. The third kappa shape index (κ3) is 5.71. The molecule has 1 amide bonds. The third-order valence-electron chi connectivity index (χ3n) is 2.27. The lowest BCUT2D eigenvalue weighted by Crippen LogP contribution is -2.34. The van der Waals surface area contributed by atoms with E-state index in [0.717, 1.165) is 0 Å². The summed E-state index contributed by atoms with van der Waals surface area (Å²) in [6, 6.07) is 0. The number of aromatic amines is 1. The molecule has 0 aliphatic rings. The number of nitrogens with zero attached hydrogens (tertiary/aromatic N) is 1. The fraction of sp³-hybridized carbons (Fsp3) is 0.667. The van der Waals surface area contributed by atoms with Gasteiger partial charge in [-0.15, -0.1) is 0 Å². The summed E-state index contributed by atoms with van der Waals surface area (Å²) in [6.07, 6.45) is 0.582. The molecule has 0 aliphatic heterocycles. The molecule has 1 heterocycles. The minimum atomic E-state index is -1.10. The van der Waals surface area contributed by atoms with E-state index in [2.05, 4.69) is 15.3 Å². The Kier molecular flexibility index (Phi) is 5.31. The summed E-state index contributed by atoms with van der Waals surface area (Å²) in [4.78, 5) is 17.9. The van der Waals surface area contributed by atoms with Crippen LogP contribution < -0.4 is 5.32 Å². The normalized spacial score (nSPS) is 14.8. The van der Waals surface area contributed by atoms with Gasteiger partial charge in [-0.3, -0.25) is 0 Å². The average molecular weight is 271 g/mol. The minimum Gasteiger partial charge on any atom is -0.444 e. The first-order chi connectivity index (χ1) is 8.79. The number of imidazole rings is 1. The molecule has 0 bridgehead atoms. The van der Waals surface area contributed by atoms with Crippen LogP contribution in [-0.2, 0) is 4.74 Å². The van der Waals surface area contributed by atoms with Gasteiger partial charge >= 0.3 is 6.09 Å². The van der Waals surface area contributed by atoms with Crippen LogP contribution in [0.15, 0.2) is 12.4 Å². The second kappa shape index (κ2) is 6.53. The molecule has 0 saturated carbocycles. The van der Waals surface area contributed by atoms with Crippen molar-refractivity contribution in [2.45, 2.75) is 45.0 Å². The molecular weight excluding hydrogens is 250 g/mol. The van der Waals surface area contributed by atoms with Gasteiger partial charge in [0.05, 0.1) is 6.10 Å². The zero-order chi connectivity index (χ0) is 14.5. The highest BCUT2D eigenvalue weighted by Crippen LogP contribution is 2.14. The van der Waals surface area contributed by atoms with Gasteiger partial charge in [-0.25, -0.2) is 9.78 Å². The molecule has 7 nitrogen and oxygen atoms in total. The number of hydrogen-bond acceptors (Lipinski definition) is 5. The van der Waals surface area contributed by atoms with Crippen molar-refractivity contribution >= 4 is 6.09 Å².